The van der Waals surface area contributed by atoms with Gasteiger partial charge in [0.05, 0.1) is 0 Å². The van der Waals surface area contributed by atoms with E-state index in [2.05, 4.69) is 56.9 Å². The quantitative estimate of drug-likeness (QED) is 0.796. The topological polar surface area (TPSA) is 20.3 Å². The maximum absolute atomic E-state index is 13.0. The van der Waals surface area contributed by atoms with Gasteiger partial charge in [0.15, 0.2) is 0 Å². The Morgan fingerprint density at radius 1 is 1.19 bits per heavy atom. The Morgan fingerprint density at radius 2 is 1.86 bits per heavy atom. The van der Waals surface area contributed by atoms with Crippen LogP contribution in [0, 0.1) is 17.8 Å². The third-order valence-electron chi connectivity index (χ3n) is 4.77. The van der Waals surface area contributed by atoms with Gasteiger partial charge in [-0.3, -0.25) is 4.79 Å². The lowest BCUT2D eigenvalue weighted by Gasteiger charge is -2.32. The molecular formula is C19H29NO. The number of rotatable bonds is 5. The first-order valence-corrected chi connectivity index (χ1v) is 8.35. The van der Waals surface area contributed by atoms with Crippen LogP contribution >= 0.6 is 0 Å². The first kappa shape index (κ1) is 16.1. The highest BCUT2D eigenvalue weighted by molar-refractivity contribution is 5.80. The number of carbonyl (C=O) groups is 1. The molecule has 2 rings (SSSR count). The van der Waals surface area contributed by atoms with Gasteiger partial charge < -0.3 is 4.90 Å². The van der Waals surface area contributed by atoms with E-state index in [1.165, 1.54) is 12.0 Å². The normalized spacial score (nSPS) is 20.3. The Bertz CT molecular complexity index is 452. The summed E-state index contributed by atoms with van der Waals surface area (Å²) in [6.45, 7) is 9.76. The van der Waals surface area contributed by atoms with Gasteiger partial charge in [0.2, 0.25) is 5.91 Å². The highest BCUT2D eigenvalue weighted by atomic mass is 16.2. The summed E-state index contributed by atoms with van der Waals surface area (Å²) in [4.78, 5) is 15.2. The van der Waals surface area contributed by atoms with E-state index in [-0.39, 0.29) is 5.92 Å². The molecule has 1 amide bonds. The zero-order valence-electron chi connectivity index (χ0n) is 13.9. The number of hydrogen-bond donors (Lipinski definition) is 0. The van der Waals surface area contributed by atoms with Gasteiger partial charge in [0, 0.05) is 18.5 Å². The fraction of sp³-hybridized carbons (Fsp3) is 0.632. The highest BCUT2D eigenvalue weighted by Crippen LogP contribution is 2.28. The van der Waals surface area contributed by atoms with E-state index in [0.717, 1.165) is 19.4 Å². The summed E-state index contributed by atoms with van der Waals surface area (Å²) >= 11 is 0. The van der Waals surface area contributed by atoms with Gasteiger partial charge in [-0.05, 0) is 36.7 Å². The van der Waals surface area contributed by atoms with E-state index in [9.17, 15) is 4.79 Å². The monoisotopic (exact) mass is 287 g/mol. The number of amides is 1. The molecule has 1 heterocycles. The molecule has 1 aliphatic rings. The molecule has 2 atom stereocenters. The summed E-state index contributed by atoms with van der Waals surface area (Å²) in [6.07, 6.45) is 3.18. The molecule has 2 unspecified atom stereocenters. The van der Waals surface area contributed by atoms with Crippen LogP contribution in [0.1, 0.15) is 46.1 Å². The molecule has 1 saturated heterocycles. The van der Waals surface area contributed by atoms with Crippen molar-refractivity contribution in [1.29, 1.82) is 0 Å². The average Bonchev–Trinajstić information content (AvgIpc) is 2.94. The first-order valence-electron chi connectivity index (χ1n) is 8.35. The van der Waals surface area contributed by atoms with E-state index in [1.54, 1.807) is 0 Å². The van der Waals surface area contributed by atoms with Crippen LogP contribution in [0.25, 0.3) is 0 Å². The summed E-state index contributed by atoms with van der Waals surface area (Å²) < 4.78 is 0. The lowest BCUT2D eigenvalue weighted by molar-refractivity contribution is -0.138. The minimum atomic E-state index is 0.103. The molecule has 21 heavy (non-hydrogen) atoms. The Hall–Kier alpha value is -1.31. The van der Waals surface area contributed by atoms with Gasteiger partial charge in [-0.15, -0.1) is 0 Å². The number of likely N-dealkylation sites (tertiary alicyclic amines) is 1. The third-order valence-corrected chi connectivity index (χ3v) is 4.77. The maximum Gasteiger partial charge on any atom is 0.226 e. The molecule has 0 aliphatic carbocycles. The maximum atomic E-state index is 13.0. The van der Waals surface area contributed by atoms with Gasteiger partial charge in [0.1, 0.15) is 0 Å². The molecule has 0 N–H and O–H groups in total. The molecule has 1 aromatic carbocycles. The largest absolute Gasteiger partial charge is 0.339 e. The second-order valence-corrected chi connectivity index (χ2v) is 7.03. The summed E-state index contributed by atoms with van der Waals surface area (Å²) in [7, 11) is 0. The van der Waals surface area contributed by atoms with Crippen molar-refractivity contribution < 1.29 is 4.79 Å². The molecule has 1 aromatic rings. The zero-order chi connectivity index (χ0) is 15.4. The number of benzene rings is 1. The van der Waals surface area contributed by atoms with Gasteiger partial charge in [0.25, 0.3) is 0 Å². The Balaban J connectivity index is 2.12. The predicted molar refractivity (Wildman–Crippen MR) is 88.0 cm³/mol. The van der Waals surface area contributed by atoms with Crippen molar-refractivity contribution >= 4 is 5.91 Å². The highest BCUT2D eigenvalue weighted by Gasteiger charge is 2.35. The lowest BCUT2D eigenvalue weighted by Crippen LogP contribution is -2.44. The van der Waals surface area contributed by atoms with Crippen molar-refractivity contribution in [3.05, 3.63) is 35.9 Å². The SMILES string of the molecule is CC(C)C(Cc1ccccc1)C(=O)N1CCCC1C(C)C. The number of hydrogen-bond acceptors (Lipinski definition) is 1. The fourth-order valence-electron chi connectivity index (χ4n) is 3.45. The second kappa shape index (κ2) is 7.11. The minimum Gasteiger partial charge on any atom is -0.339 e. The van der Waals surface area contributed by atoms with Crippen LogP contribution in [0.4, 0.5) is 0 Å². The molecule has 116 valence electrons. The van der Waals surface area contributed by atoms with Crippen LogP contribution in [0.5, 0.6) is 0 Å². The van der Waals surface area contributed by atoms with E-state index < -0.39 is 0 Å². The van der Waals surface area contributed by atoms with E-state index in [0.29, 0.717) is 23.8 Å². The van der Waals surface area contributed by atoms with Crippen LogP contribution < -0.4 is 0 Å². The van der Waals surface area contributed by atoms with Crippen molar-refractivity contribution in [3.63, 3.8) is 0 Å². The number of nitrogens with zero attached hydrogens (tertiary/aromatic N) is 1. The Kier molecular flexibility index (Phi) is 5.44. The molecule has 0 spiro atoms. The summed E-state index contributed by atoms with van der Waals surface area (Å²) in [5.74, 6) is 1.41. The van der Waals surface area contributed by atoms with Gasteiger partial charge >= 0.3 is 0 Å². The number of carbonyl (C=O) groups excluding carboxylic acids is 1. The average molecular weight is 287 g/mol. The molecular weight excluding hydrogens is 258 g/mol. The van der Waals surface area contributed by atoms with Crippen LogP contribution in [0.3, 0.4) is 0 Å². The van der Waals surface area contributed by atoms with Crippen molar-refractivity contribution in [2.24, 2.45) is 17.8 Å². The van der Waals surface area contributed by atoms with Crippen molar-refractivity contribution in [2.45, 2.75) is 53.0 Å². The standard InChI is InChI=1S/C19H29NO/c1-14(2)17(13-16-9-6-5-7-10-16)19(21)20-12-8-11-18(20)15(3)4/h5-7,9-10,14-15,17-18H,8,11-13H2,1-4H3. The van der Waals surface area contributed by atoms with Gasteiger partial charge in [-0.25, -0.2) is 0 Å². The molecule has 0 aromatic heterocycles. The van der Waals surface area contributed by atoms with Crippen LogP contribution in [0.2, 0.25) is 0 Å². The van der Waals surface area contributed by atoms with E-state index in [4.69, 9.17) is 0 Å². The summed E-state index contributed by atoms with van der Waals surface area (Å²) in [5, 5.41) is 0. The van der Waals surface area contributed by atoms with Crippen LogP contribution in [-0.2, 0) is 11.2 Å². The fourth-order valence-corrected chi connectivity index (χ4v) is 3.45. The molecule has 2 nitrogen and oxygen atoms in total. The summed E-state index contributed by atoms with van der Waals surface area (Å²) in [6, 6.07) is 10.9. The van der Waals surface area contributed by atoms with Crippen molar-refractivity contribution in [2.75, 3.05) is 6.54 Å². The zero-order valence-corrected chi connectivity index (χ0v) is 13.9. The molecule has 2 heteroatoms. The minimum absolute atomic E-state index is 0.103. The molecule has 1 fully saturated rings. The Morgan fingerprint density at radius 3 is 2.43 bits per heavy atom. The smallest absolute Gasteiger partial charge is 0.226 e. The van der Waals surface area contributed by atoms with E-state index >= 15 is 0 Å². The second-order valence-electron chi connectivity index (χ2n) is 7.03. The third kappa shape index (κ3) is 3.87. The predicted octanol–water partition coefficient (Wildman–Crippen LogP) is 4.15. The van der Waals surface area contributed by atoms with Crippen LogP contribution in [-0.4, -0.2) is 23.4 Å². The van der Waals surface area contributed by atoms with E-state index in [1.807, 2.05) is 6.07 Å². The Labute approximate surface area is 129 Å². The molecule has 1 aliphatic heterocycles. The lowest BCUT2D eigenvalue weighted by atomic mass is 9.87. The van der Waals surface area contributed by atoms with Crippen LogP contribution in [0.15, 0.2) is 30.3 Å². The molecule has 0 bridgehead atoms. The van der Waals surface area contributed by atoms with Gasteiger partial charge in [-0.2, -0.15) is 0 Å². The van der Waals surface area contributed by atoms with Crippen molar-refractivity contribution in [1.82, 2.24) is 4.90 Å². The molecule has 0 radical (unpaired) electrons. The first-order chi connectivity index (χ1) is 10.0. The van der Waals surface area contributed by atoms with Gasteiger partial charge in [-0.1, -0.05) is 58.0 Å². The van der Waals surface area contributed by atoms with Crippen molar-refractivity contribution in [3.8, 4) is 0 Å². The molecule has 0 saturated carbocycles. The summed E-state index contributed by atoms with van der Waals surface area (Å²) in [5.41, 5.74) is 1.27.